The molecule has 5 rings (SSSR count). The third-order valence-electron chi connectivity index (χ3n) is 8.27. The van der Waals surface area contributed by atoms with Crippen LogP contribution in [-0.2, 0) is 4.74 Å². The van der Waals surface area contributed by atoms with Crippen molar-refractivity contribution >= 4 is 6.08 Å². The first kappa shape index (κ1) is 24.3. The molecule has 0 radical (unpaired) electrons. The predicted molar refractivity (Wildman–Crippen MR) is 130 cm³/mol. The van der Waals surface area contributed by atoms with E-state index in [2.05, 4.69) is 6.58 Å². The molecule has 2 aliphatic carbocycles. The molecule has 2 aromatic rings. The summed E-state index contributed by atoms with van der Waals surface area (Å²) in [6.45, 7) is 4.29. The largest absolute Gasteiger partial charge is 0.368 e. The van der Waals surface area contributed by atoms with Gasteiger partial charge in [0.15, 0.2) is 23.3 Å². The second-order valence-corrected chi connectivity index (χ2v) is 10.4. The van der Waals surface area contributed by atoms with E-state index in [0.29, 0.717) is 29.2 Å². The molecular formula is C30H32F4O. The minimum absolute atomic E-state index is 0.0343. The first-order valence-corrected chi connectivity index (χ1v) is 12.8. The molecule has 2 saturated carbocycles. The lowest BCUT2D eigenvalue weighted by molar-refractivity contribution is 0.361. The van der Waals surface area contributed by atoms with Crippen molar-refractivity contribution in [1.82, 2.24) is 0 Å². The molecule has 0 aromatic heterocycles. The smallest absolute Gasteiger partial charge is 0.166 e. The van der Waals surface area contributed by atoms with Crippen LogP contribution < -0.4 is 0 Å². The van der Waals surface area contributed by atoms with E-state index in [9.17, 15) is 17.6 Å². The molecule has 3 aliphatic rings. The van der Waals surface area contributed by atoms with E-state index in [-0.39, 0.29) is 29.4 Å². The van der Waals surface area contributed by atoms with Crippen LogP contribution in [0.5, 0.6) is 0 Å². The SMILES string of the molecule is C=CC1CCC(c2ccc(/C=C/C3CCC(c4ccc(C5CO5)c(F)c4F)CC3)c(F)c2F)CC1. The molecule has 3 fully saturated rings. The lowest BCUT2D eigenvalue weighted by atomic mass is 9.77. The maximum Gasteiger partial charge on any atom is 0.166 e. The van der Waals surface area contributed by atoms with Crippen molar-refractivity contribution in [2.75, 3.05) is 6.61 Å². The monoisotopic (exact) mass is 484 g/mol. The van der Waals surface area contributed by atoms with Crippen molar-refractivity contribution in [3.8, 4) is 0 Å². The summed E-state index contributed by atoms with van der Waals surface area (Å²) in [7, 11) is 0. The van der Waals surface area contributed by atoms with Crippen molar-refractivity contribution in [2.24, 2.45) is 11.8 Å². The summed E-state index contributed by atoms with van der Waals surface area (Å²) in [5, 5.41) is 0. The number of rotatable bonds is 6. The van der Waals surface area contributed by atoms with Crippen LogP contribution in [0.25, 0.3) is 6.08 Å². The summed E-state index contributed by atoms with van der Waals surface area (Å²) in [6, 6.07) is 6.75. The van der Waals surface area contributed by atoms with Crippen molar-refractivity contribution in [2.45, 2.75) is 69.3 Å². The predicted octanol–water partition coefficient (Wildman–Crippen LogP) is 8.76. The zero-order chi connectivity index (χ0) is 24.5. The lowest BCUT2D eigenvalue weighted by Gasteiger charge is -2.28. The highest BCUT2D eigenvalue weighted by atomic mass is 19.2. The molecule has 1 unspecified atom stereocenters. The van der Waals surface area contributed by atoms with E-state index < -0.39 is 23.3 Å². The first-order chi connectivity index (χ1) is 17.0. The average Bonchev–Trinajstić information content (AvgIpc) is 3.72. The van der Waals surface area contributed by atoms with E-state index in [1.807, 2.05) is 12.2 Å². The number of halogens is 4. The molecule has 186 valence electrons. The highest BCUT2D eigenvalue weighted by molar-refractivity contribution is 5.52. The Balaban J connectivity index is 1.20. The van der Waals surface area contributed by atoms with Crippen molar-refractivity contribution in [1.29, 1.82) is 0 Å². The minimum atomic E-state index is -0.790. The molecule has 35 heavy (non-hydrogen) atoms. The fraction of sp³-hybridized carbons (Fsp3) is 0.467. The molecule has 5 heteroatoms. The summed E-state index contributed by atoms with van der Waals surface area (Å²) in [5.74, 6) is -2.35. The molecule has 0 amide bonds. The van der Waals surface area contributed by atoms with Gasteiger partial charge in [-0.2, -0.15) is 0 Å². The fourth-order valence-corrected chi connectivity index (χ4v) is 5.92. The molecule has 1 heterocycles. The standard InChI is InChI=1S/C30H32F4O/c1-2-18-3-8-20(9-4-18)23-14-13-22(27(31)28(23)32)12-7-19-5-10-21(11-6-19)24-15-16-25(26-17-35-26)30(34)29(24)33/h2,7,12-16,18-21,26H,1,3-6,8-11,17H2/b12-7+. The van der Waals surface area contributed by atoms with E-state index >= 15 is 0 Å². The van der Waals surface area contributed by atoms with Gasteiger partial charge < -0.3 is 4.74 Å². The maximum absolute atomic E-state index is 14.9. The van der Waals surface area contributed by atoms with Gasteiger partial charge in [-0.3, -0.25) is 0 Å². The van der Waals surface area contributed by atoms with Gasteiger partial charge in [0.05, 0.1) is 6.61 Å². The molecule has 0 spiro atoms. The quantitative estimate of drug-likeness (QED) is 0.227. The molecule has 1 atom stereocenters. The Hall–Kier alpha value is -2.40. The van der Waals surface area contributed by atoms with Crippen LogP contribution in [0.4, 0.5) is 17.6 Å². The number of benzene rings is 2. The molecule has 1 saturated heterocycles. The number of epoxide rings is 1. The summed E-state index contributed by atoms with van der Waals surface area (Å²) >= 11 is 0. The Bertz CT molecular complexity index is 1100. The zero-order valence-electron chi connectivity index (χ0n) is 19.9. The van der Waals surface area contributed by atoms with E-state index in [1.165, 1.54) is 0 Å². The zero-order valence-corrected chi connectivity index (χ0v) is 19.9. The van der Waals surface area contributed by atoms with Gasteiger partial charge in [-0.25, -0.2) is 17.6 Å². The maximum atomic E-state index is 14.9. The second kappa shape index (κ2) is 10.3. The first-order valence-electron chi connectivity index (χ1n) is 12.8. The Labute approximate surface area is 204 Å². The topological polar surface area (TPSA) is 12.5 Å². The molecule has 0 N–H and O–H groups in total. The van der Waals surface area contributed by atoms with Crippen LogP contribution in [-0.4, -0.2) is 6.61 Å². The third kappa shape index (κ3) is 5.11. The van der Waals surface area contributed by atoms with Gasteiger partial charge in [0.25, 0.3) is 0 Å². The summed E-state index contributed by atoms with van der Waals surface area (Å²) in [6.07, 6.45) is 12.0. The number of allylic oxidation sites excluding steroid dienone is 2. The van der Waals surface area contributed by atoms with E-state index in [0.717, 1.165) is 51.4 Å². The molecule has 1 nitrogen and oxygen atoms in total. The Morgan fingerprint density at radius 2 is 1.14 bits per heavy atom. The van der Waals surface area contributed by atoms with Crippen molar-refractivity contribution in [3.63, 3.8) is 0 Å². The van der Waals surface area contributed by atoms with Crippen LogP contribution in [0.2, 0.25) is 0 Å². The third-order valence-corrected chi connectivity index (χ3v) is 8.27. The average molecular weight is 485 g/mol. The summed E-state index contributed by atoms with van der Waals surface area (Å²) in [5.41, 5.74) is 1.48. The molecule has 0 bridgehead atoms. The second-order valence-electron chi connectivity index (χ2n) is 10.4. The Morgan fingerprint density at radius 3 is 1.71 bits per heavy atom. The van der Waals surface area contributed by atoms with Crippen LogP contribution in [0.3, 0.4) is 0 Å². The van der Waals surface area contributed by atoms with Gasteiger partial charge in [-0.1, -0.05) is 42.5 Å². The van der Waals surface area contributed by atoms with Gasteiger partial charge in [-0.05, 0) is 86.2 Å². The molecule has 1 aliphatic heterocycles. The normalized spacial score (nSPS) is 28.9. The van der Waals surface area contributed by atoms with Crippen LogP contribution in [0, 0.1) is 35.1 Å². The minimum Gasteiger partial charge on any atom is -0.368 e. The van der Waals surface area contributed by atoms with Gasteiger partial charge in [0, 0.05) is 11.1 Å². The highest BCUT2D eigenvalue weighted by Gasteiger charge is 2.32. The van der Waals surface area contributed by atoms with E-state index in [4.69, 9.17) is 4.74 Å². The molecular weight excluding hydrogens is 452 g/mol. The molecule has 2 aromatic carbocycles. The van der Waals surface area contributed by atoms with Gasteiger partial charge >= 0.3 is 0 Å². The van der Waals surface area contributed by atoms with Crippen molar-refractivity contribution in [3.05, 3.63) is 88.5 Å². The van der Waals surface area contributed by atoms with Gasteiger partial charge in [0.1, 0.15) is 6.10 Å². The van der Waals surface area contributed by atoms with E-state index in [1.54, 1.807) is 30.3 Å². The van der Waals surface area contributed by atoms with Crippen LogP contribution >= 0.6 is 0 Å². The van der Waals surface area contributed by atoms with Crippen molar-refractivity contribution < 1.29 is 22.3 Å². The van der Waals surface area contributed by atoms with Crippen LogP contribution in [0.15, 0.2) is 43.0 Å². The number of ether oxygens (including phenoxy) is 1. The van der Waals surface area contributed by atoms with Gasteiger partial charge in [0.2, 0.25) is 0 Å². The van der Waals surface area contributed by atoms with Gasteiger partial charge in [-0.15, -0.1) is 6.58 Å². The number of hydrogen-bond acceptors (Lipinski definition) is 1. The van der Waals surface area contributed by atoms with Crippen LogP contribution in [0.1, 0.15) is 91.6 Å². The Kier molecular flexibility index (Phi) is 7.15. The lowest BCUT2D eigenvalue weighted by Crippen LogP contribution is -2.14. The summed E-state index contributed by atoms with van der Waals surface area (Å²) in [4.78, 5) is 0. The Morgan fingerprint density at radius 1 is 0.657 bits per heavy atom. The number of hydrogen-bond donors (Lipinski definition) is 0. The highest BCUT2D eigenvalue weighted by Crippen LogP contribution is 2.41. The summed E-state index contributed by atoms with van der Waals surface area (Å²) < 4.78 is 63.9. The fourth-order valence-electron chi connectivity index (χ4n) is 5.92.